The molecule has 0 radical (unpaired) electrons. The van der Waals surface area contributed by atoms with Crippen LogP contribution in [-0.4, -0.2) is 17.5 Å². The summed E-state index contributed by atoms with van der Waals surface area (Å²) in [4.78, 5) is 23.2. The van der Waals surface area contributed by atoms with E-state index in [9.17, 15) is 14.9 Å². The summed E-state index contributed by atoms with van der Waals surface area (Å²) >= 11 is 0. The number of nitro benzene ring substituents is 1. The van der Waals surface area contributed by atoms with Crippen LogP contribution in [0.3, 0.4) is 0 Å². The molecule has 2 aliphatic rings. The third kappa shape index (κ3) is 2.15. The van der Waals surface area contributed by atoms with Gasteiger partial charge < -0.3 is 9.47 Å². The third-order valence-electron chi connectivity index (χ3n) is 3.98. The fraction of sp³-hybridized carbons (Fsp3) is 0.118. The van der Waals surface area contributed by atoms with Crippen molar-refractivity contribution < 1.29 is 19.2 Å². The van der Waals surface area contributed by atoms with Crippen LogP contribution in [0.4, 0.5) is 5.69 Å². The number of hydrogen-bond acceptors (Lipinski definition) is 5. The van der Waals surface area contributed by atoms with Crippen LogP contribution in [0.1, 0.15) is 21.5 Å². The molecule has 114 valence electrons. The molecule has 0 N–H and O–H groups in total. The van der Waals surface area contributed by atoms with Crippen molar-refractivity contribution >= 4 is 17.5 Å². The first kappa shape index (κ1) is 13.5. The van der Waals surface area contributed by atoms with Crippen LogP contribution in [0.2, 0.25) is 0 Å². The second-order valence-electron chi connectivity index (χ2n) is 5.35. The standard InChI is InChI=1S/C17H11NO5/c19-17-12(5-10-3-1-2-4-13(10)17)6-11-7-15-16(23-9-22-15)8-14(11)18(20)21/h1-4,6-8H,5,9H2/b12-6+. The van der Waals surface area contributed by atoms with Crippen molar-refractivity contribution in [1.82, 2.24) is 0 Å². The van der Waals surface area contributed by atoms with Crippen molar-refractivity contribution in [3.63, 3.8) is 0 Å². The maximum absolute atomic E-state index is 12.4. The summed E-state index contributed by atoms with van der Waals surface area (Å²) in [5.41, 5.74) is 2.36. The van der Waals surface area contributed by atoms with Gasteiger partial charge in [-0.1, -0.05) is 24.3 Å². The number of ketones is 1. The second kappa shape index (κ2) is 4.95. The minimum atomic E-state index is -0.485. The quantitative estimate of drug-likeness (QED) is 0.484. The molecule has 0 aromatic heterocycles. The first-order chi connectivity index (χ1) is 11.1. The van der Waals surface area contributed by atoms with E-state index < -0.39 is 4.92 Å². The Morgan fingerprint density at radius 1 is 1.13 bits per heavy atom. The molecule has 1 aliphatic heterocycles. The summed E-state index contributed by atoms with van der Waals surface area (Å²) in [6.45, 7) is 0.0386. The fourth-order valence-electron chi connectivity index (χ4n) is 2.88. The number of benzene rings is 2. The first-order valence-electron chi connectivity index (χ1n) is 7.04. The highest BCUT2D eigenvalue weighted by Gasteiger charge is 2.27. The van der Waals surface area contributed by atoms with E-state index in [1.165, 1.54) is 6.07 Å². The highest BCUT2D eigenvalue weighted by molar-refractivity contribution is 6.15. The number of rotatable bonds is 2. The topological polar surface area (TPSA) is 78.7 Å². The molecule has 23 heavy (non-hydrogen) atoms. The van der Waals surface area contributed by atoms with Crippen molar-refractivity contribution in [3.8, 4) is 11.5 Å². The molecule has 6 nitrogen and oxygen atoms in total. The van der Waals surface area contributed by atoms with Gasteiger partial charge in [0.1, 0.15) is 0 Å². The predicted molar refractivity (Wildman–Crippen MR) is 81.7 cm³/mol. The van der Waals surface area contributed by atoms with Gasteiger partial charge in [-0.25, -0.2) is 0 Å². The van der Waals surface area contributed by atoms with Crippen LogP contribution in [0, 0.1) is 10.1 Å². The summed E-state index contributed by atoms with van der Waals surface area (Å²) < 4.78 is 10.4. The minimum absolute atomic E-state index is 0.0386. The summed E-state index contributed by atoms with van der Waals surface area (Å²) in [6.07, 6.45) is 2.04. The van der Waals surface area contributed by atoms with E-state index in [1.807, 2.05) is 18.2 Å². The van der Waals surface area contributed by atoms with Gasteiger partial charge in [-0.2, -0.15) is 0 Å². The molecule has 0 atom stereocenters. The van der Waals surface area contributed by atoms with E-state index in [0.29, 0.717) is 34.6 Å². The molecule has 0 amide bonds. The van der Waals surface area contributed by atoms with E-state index in [1.54, 1.807) is 18.2 Å². The second-order valence-corrected chi connectivity index (χ2v) is 5.35. The highest BCUT2D eigenvalue weighted by atomic mass is 16.7. The van der Waals surface area contributed by atoms with Crippen molar-refractivity contribution in [3.05, 3.63) is 68.8 Å². The molecule has 0 spiro atoms. The van der Waals surface area contributed by atoms with Crippen LogP contribution in [0.25, 0.3) is 6.08 Å². The van der Waals surface area contributed by atoms with E-state index in [-0.39, 0.29) is 18.3 Å². The van der Waals surface area contributed by atoms with E-state index in [4.69, 9.17) is 9.47 Å². The molecule has 6 heteroatoms. The van der Waals surface area contributed by atoms with Crippen molar-refractivity contribution in [2.24, 2.45) is 0 Å². The monoisotopic (exact) mass is 309 g/mol. The number of carbonyl (C=O) groups excluding carboxylic acids is 1. The Morgan fingerprint density at radius 3 is 2.61 bits per heavy atom. The number of Topliss-reactive ketones (excluding diaryl/α,β-unsaturated/α-hetero) is 1. The van der Waals surface area contributed by atoms with Crippen molar-refractivity contribution in [2.45, 2.75) is 6.42 Å². The lowest BCUT2D eigenvalue weighted by Crippen LogP contribution is -1.97. The Hall–Kier alpha value is -3.15. The SMILES string of the molecule is O=C1/C(=C/c2cc3c(cc2[N+](=O)[O-])OCO3)Cc2ccccc21. The number of fused-ring (bicyclic) bond motifs is 2. The molecule has 2 aromatic carbocycles. The van der Waals surface area contributed by atoms with E-state index >= 15 is 0 Å². The average Bonchev–Trinajstić information content (AvgIpc) is 3.11. The number of ether oxygens (including phenoxy) is 2. The molecule has 0 fully saturated rings. The van der Waals surface area contributed by atoms with Crippen LogP contribution >= 0.6 is 0 Å². The molecule has 0 saturated heterocycles. The molecule has 1 heterocycles. The molecule has 0 bridgehead atoms. The molecular formula is C17H11NO5. The Kier molecular flexibility index (Phi) is 2.90. The number of carbonyl (C=O) groups is 1. The zero-order valence-corrected chi connectivity index (χ0v) is 11.9. The summed E-state index contributed by atoms with van der Waals surface area (Å²) in [7, 11) is 0. The van der Waals surface area contributed by atoms with E-state index in [2.05, 4.69) is 0 Å². The fourth-order valence-corrected chi connectivity index (χ4v) is 2.88. The van der Waals surface area contributed by atoms with E-state index in [0.717, 1.165) is 5.56 Å². The van der Waals surface area contributed by atoms with Crippen molar-refractivity contribution in [2.75, 3.05) is 6.79 Å². The van der Waals surface area contributed by atoms with Crippen LogP contribution < -0.4 is 9.47 Å². The summed E-state index contributed by atoms with van der Waals surface area (Å²) in [5.74, 6) is 0.706. The normalized spacial score (nSPS) is 16.7. The van der Waals surface area contributed by atoms with Gasteiger partial charge in [0.05, 0.1) is 16.6 Å². The average molecular weight is 309 g/mol. The molecule has 2 aromatic rings. The first-order valence-corrected chi connectivity index (χ1v) is 7.04. The van der Waals surface area contributed by atoms with Crippen LogP contribution in [0.15, 0.2) is 42.0 Å². The smallest absolute Gasteiger partial charge is 0.280 e. The Morgan fingerprint density at radius 2 is 1.87 bits per heavy atom. The Bertz CT molecular complexity index is 885. The number of nitro groups is 1. The predicted octanol–water partition coefficient (Wildman–Crippen LogP) is 3.15. The van der Waals surface area contributed by atoms with Gasteiger partial charge in [0, 0.05) is 17.6 Å². The van der Waals surface area contributed by atoms with Crippen LogP contribution in [-0.2, 0) is 6.42 Å². The molecule has 0 unspecified atom stereocenters. The molecule has 1 aliphatic carbocycles. The van der Waals surface area contributed by atoms with Gasteiger partial charge in [0.2, 0.25) is 6.79 Å². The maximum Gasteiger partial charge on any atom is 0.280 e. The van der Waals surface area contributed by atoms with Gasteiger partial charge in [0.25, 0.3) is 5.69 Å². The maximum atomic E-state index is 12.4. The largest absolute Gasteiger partial charge is 0.454 e. The summed E-state index contributed by atoms with van der Waals surface area (Å²) in [5, 5.41) is 11.3. The Balaban J connectivity index is 1.81. The lowest BCUT2D eigenvalue weighted by molar-refractivity contribution is -0.385. The zero-order valence-electron chi connectivity index (χ0n) is 11.9. The molecule has 4 rings (SSSR count). The minimum Gasteiger partial charge on any atom is -0.454 e. The highest BCUT2D eigenvalue weighted by Crippen LogP contribution is 2.39. The van der Waals surface area contributed by atoms with Crippen molar-refractivity contribution in [1.29, 1.82) is 0 Å². The van der Waals surface area contributed by atoms with Gasteiger partial charge in [-0.15, -0.1) is 0 Å². The number of nitrogens with zero attached hydrogens (tertiary/aromatic N) is 1. The van der Waals surface area contributed by atoms with Gasteiger partial charge in [0.15, 0.2) is 17.3 Å². The summed E-state index contributed by atoms with van der Waals surface area (Å²) in [6, 6.07) is 10.2. The van der Waals surface area contributed by atoms with Gasteiger partial charge in [-0.05, 0) is 17.7 Å². The van der Waals surface area contributed by atoms with Gasteiger partial charge in [-0.3, -0.25) is 14.9 Å². The molecule has 0 saturated carbocycles. The van der Waals surface area contributed by atoms with Gasteiger partial charge >= 0.3 is 0 Å². The number of hydrogen-bond donors (Lipinski definition) is 0. The lowest BCUT2D eigenvalue weighted by Gasteiger charge is -2.02. The third-order valence-corrected chi connectivity index (χ3v) is 3.98. The zero-order chi connectivity index (χ0) is 16.0. The Labute approximate surface area is 131 Å². The lowest BCUT2D eigenvalue weighted by atomic mass is 10.1. The number of allylic oxidation sites excluding steroid dienone is 1. The van der Waals surface area contributed by atoms with Crippen LogP contribution in [0.5, 0.6) is 11.5 Å². The molecular weight excluding hydrogens is 298 g/mol.